The van der Waals surface area contributed by atoms with Gasteiger partial charge in [-0.2, -0.15) is 0 Å². The Balaban J connectivity index is 1.95. The molecule has 0 aliphatic carbocycles. The Bertz CT molecular complexity index is 662. The van der Waals surface area contributed by atoms with Crippen molar-refractivity contribution in [1.29, 1.82) is 0 Å². The summed E-state index contributed by atoms with van der Waals surface area (Å²) in [5, 5.41) is 2.86. The number of carbonyl (C=O) groups excluding carboxylic acids is 1. The molecule has 0 saturated heterocycles. The second-order valence-corrected chi connectivity index (χ2v) is 5.45. The van der Waals surface area contributed by atoms with Gasteiger partial charge < -0.3 is 19.4 Å². The highest BCUT2D eigenvalue weighted by Crippen LogP contribution is 2.25. The highest BCUT2D eigenvalue weighted by atomic mass is 16.5. The lowest BCUT2D eigenvalue weighted by molar-refractivity contribution is -0.117. The number of anilines is 1. The van der Waals surface area contributed by atoms with Crippen molar-refractivity contribution in [2.45, 2.75) is 20.0 Å². The molecule has 1 N–H and O–H groups in total. The number of amides is 1. The first kappa shape index (κ1) is 17.8. The molecule has 0 aliphatic heterocycles. The Morgan fingerprint density at radius 3 is 2.50 bits per heavy atom. The second-order valence-electron chi connectivity index (χ2n) is 5.45. The number of carbonyl (C=O) groups is 1. The van der Waals surface area contributed by atoms with E-state index in [1.165, 1.54) is 0 Å². The van der Waals surface area contributed by atoms with E-state index in [-0.39, 0.29) is 12.5 Å². The number of methoxy groups -OCH3 is 2. The van der Waals surface area contributed by atoms with Gasteiger partial charge in [-0.25, -0.2) is 4.98 Å². The maximum atomic E-state index is 12.2. The number of benzene rings is 1. The average Bonchev–Trinajstić information content (AvgIpc) is 3.00. The third kappa shape index (κ3) is 4.73. The van der Waals surface area contributed by atoms with Crippen molar-refractivity contribution in [3.8, 4) is 11.5 Å². The minimum Gasteiger partial charge on any atom is -0.497 e. The number of aryl methyl sites for hydroxylation is 1. The van der Waals surface area contributed by atoms with Crippen molar-refractivity contribution >= 4 is 11.6 Å². The molecular formula is C17H24N4O3. The molecule has 2 rings (SSSR count). The van der Waals surface area contributed by atoms with Crippen molar-refractivity contribution in [1.82, 2.24) is 14.5 Å². The SMILES string of the molecule is CCn1ccnc1CN(C)CC(=O)Nc1cc(OC)cc(OC)c1. The number of hydrogen-bond acceptors (Lipinski definition) is 5. The summed E-state index contributed by atoms with van der Waals surface area (Å²) in [5.41, 5.74) is 0.639. The minimum atomic E-state index is -0.109. The van der Waals surface area contributed by atoms with Crippen LogP contribution in [0.5, 0.6) is 11.5 Å². The molecule has 7 heteroatoms. The molecule has 7 nitrogen and oxygen atoms in total. The molecule has 0 unspecified atom stereocenters. The number of rotatable bonds is 8. The Kier molecular flexibility index (Phi) is 6.20. The fourth-order valence-electron chi connectivity index (χ4n) is 2.40. The van der Waals surface area contributed by atoms with Crippen LogP contribution in [0.4, 0.5) is 5.69 Å². The summed E-state index contributed by atoms with van der Waals surface area (Å²) >= 11 is 0. The topological polar surface area (TPSA) is 68.6 Å². The normalized spacial score (nSPS) is 10.7. The van der Waals surface area contributed by atoms with E-state index in [2.05, 4.69) is 21.8 Å². The maximum Gasteiger partial charge on any atom is 0.238 e. The molecule has 130 valence electrons. The standard InChI is InChI=1S/C17H24N4O3/c1-5-21-7-6-18-16(21)11-20(2)12-17(22)19-13-8-14(23-3)10-15(9-13)24-4/h6-10H,5,11-12H2,1-4H3,(H,19,22). The highest BCUT2D eigenvalue weighted by molar-refractivity contribution is 5.92. The fraction of sp³-hybridized carbons (Fsp3) is 0.412. The molecule has 1 aromatic heterocycles. The summed E-state index contributed by atoms with van der Waals surface area (Å²) in [7, 11) is 5.04. The van der Waals surface area contributed by atoms with Crippen LogP contribution in [-0.2, 0) is 17.9 Å². The van der Waals surface area contributed by atoms with Crippen LogP contribution in [0.25, 0.3) is 0 Å². The number of likely N-dealkylation sites (N-methyl/N-ethyl adjacent to an activating group) is 1. The van der Waals surface area contributed by atoms with E-state index in [0.29, 0.717) is 23.7 Å². The van der Waals surface area contributed by atoms with Gasteiger partial charge in [0.2, 0.25) is 5.91 Å². The molecule has 1 aromatic carbocycles. The maximum absolute atomic E-state index is 12.2. The lowest BCUT2D eigenvalue weighted by Gasteiger charge is -2.17. The van der Waals surface area contributed by atoms with E-state index in [4.69, 9.17) is 9.47 Å². The molecule has 2 aromatic rings. The predicted molar refractivity (Wildman–Crippen MR) is 92.4 cm³/mol. The molecule has 1 amide bonds. The molecule has 0 radical (unpaired) electrons. The first-order chi connectivity index (χ1) is 11.5. The van der Waals surface area contributed by atoms with Gasteiger partial charge in [-0.05, 0) is 14.0 Å². The Morgan fingerprint density at radius 2 is 1.92 bits per heavy atom. The van der Waals surface area contributed by atoms with Gasteiger partial charge in [0.05, 0.1) is 27.3 Å². The average molecular weight is 332 g/mol. The fourth-order valence-corrected chi connectivity index (χ4v) is 2.40. The van der Waals surface area contributed by atoms with E-state index in [1.807, 2.05) is 18.1 Å². The monoisotopic (exact) mass is 332 g/mol. The summed E-state index contributed by atoms with van der Waals surface area (Å²) in [5.74, 6) is 2.09. The predicted octanol–water partition coefficient (Wildman–Crippen LogP) is 1.99. The third-order valence-corrected chi connectivity index (χ3v) is 3.60. The third-order valence-electron chi connectivity index (χ3n) is 3.60. The summed E-state index contributed by atoms with van der Waals surface area (Å²) in [6.45, 7) is 3.79. The molecule has 0 fully saturated rings. The molecule has 1 heterocycles. The molecular weight excluding hydrogens is 308 g/mol. The van der Waals surface area contributed by atoms with Crippen LogP contribution in [0.3, 0.4) is 0 Å². The summed E-state index contributed by atoms with van der Waals surface area (Å²) in [6.07, 6.45) is 3.71. The van der Waals surface area contributed by atoms with Crippen molar-refractivity contribution < 1.29 is 14.3 Å². The number of nitrogens with zero attached hydrogens (tertiary/aromatic N) is 3. The van der Waals surface area contributed by atoms with Crippen molar-refractivity contribution in [2.75, 3.05) is 33.1 Å². The summed E-state index contributed by atoms with van der Waals surface area (Å²) in [6, 6.07) is 5.26. The van der Waals surface area contributed by atoms with Crippen molar-refractivity contribution in [3.63, 3.8) is 0 Å². The van der Waals surface area contributed by atoms with E-state index in [1.54, 1.807) is 38.6 Å². The zero-order valence-corrected chi connectivity index (χ0v) is 14.6. The van der Waals surface area contributed by atoms with Crippen LogP contribution in [0.15, 0.2) is 30.6 Å². The zero-order valence-electron chi connectivity index (χ0n) is 14.6. The first-order valence-electron chi connectivity index (χ1n) is 7.77. The van der Waals surface area contributed by atoms with Gasteiger partial charge in [-0.1, -0.05) is 0 Å². The molecule has 0 bridgehead atoms. The smallest absolute Gasteiger partial charge is 0.238 e. The number of imidazole rings is 1. The Morgan fingerprint density at radius 1 is 1.25 bits per heavy atom. The van der Waals surface area contributed by atoms with Gasteiger partial charge in [-0.3, -0.25) is 9.69 Å². The van der Waals surface area contributed by atoms with Crippen molar-refractivity contribution in [3.05, 3.63) is 36.4 Å². The van der Waals surface area contributed by atoms with Gasteiger partial charge in [0.15, 0.2) is 0 Å². The van der Waals surface area contributed by atoms with Crippen LogP contribution in [-0.4, -0.2) is 48.2 Å². The van der Waals surface area contributed by atoms with Gasteiger partial charge in [0.1, 0.15) is 17.3 Å². The molecule has 0 spiro atoms. The van der Waals surface area contributed by atoms with Gasteiger partial charge in [0, 0.05) is 42.8 Å². The van der Waals surface area contributed by atoms with Gasteiger partial charge >= 0.3 is 0 Å². The first-order valence-corrected chi connectivity index (χ1v) is 7.77. The number of ether oxygens (including phenoxy) is 2. The van der Waals surface area contributed by atoms with Crippen LogP contribution in [0.1, 0.15) is 12.7 Å². The Labute approximate surface area is 142 Å². The zero-order chi connectivity index (χ0) is 17.5. The van der Waals surface area contributed by atoms with Crippen LogP contribution in [0, 0.1) is 0 Å². The summed E-state index contributed by atoms with van der Waals surface area (Å²) in [4.78, 5) is 18.5. The van der Waals surface area contributed by atoms with Crippen LogP contribution < -0.4 is 14.8 Å². The molecule has 0 saturated carbocycles. The molecule has 0 atom stereocenters. The number of nitrogens with one attached hydrogen (secondary N) is 1. The van der Waals surface area contributed by atoms with Gasteiger partial charge in [0.25, 0.3) is 0 Å². The Hall–Kier alpha value is -2.54. The van der Waals surface area contributed by atoms with Crippen LogP contribution in [0.2, 0.25) is 0 Å². The lowest BCUT2D eigenvalue weighted by atomic mass is 10.2. The lowest BCUT2D eigenvalue weighted by Crippen LogP contribution is -2.30. The van der Waals surface area contributed by atoms with Crippen molar-refractivity contribution in [2.24, 2.45) is 0 Å². The van der Waals surface area contributed by atoms with Crippen LogP contribution >= 0.6 is 0 Å². The highest BCUT2D eigenvalue weighted by Gasteiger charge is 2.11. The van der Waals surface area contributed by atoms with E-state index < -0.39 is 0 Å². The van der Waals surface area contributed by atoms with E-state index in [9.17, 15) is 4.79 Å². The molecule has 0 aliphatic rings. The number of hydrogen-bond donors (Lipinski definition) is 1. The molecule has 24 heavy (non-hydrogen) atoms. The number of aromatic nitrogens is 2. The summed E-state index contributed by atoms with van der Waals surface area (Å²) < 4.78 is 12.5. The van der Waals surface area contributed by atoms with E-state index in [0.717, 1.165) is 12.4 Å². The largest absolute Gasteiger partial charge is 0.497 e. The van der Waals surface area contributed by atoms with Gasteiger partial charge in [-0.15, -0.1) is 0 Å². The van der Waals surface area contributed by atoms with E-state index >= 15 is 0 Å². The second kappa shape index (κ2) is 8.35. The minimum absolute atomic E-state index is 0.109. The quantitative estimate of drug-likeness (QED) is 0.801.